The van der Waals surface area contributed by atoms with E-state index in [1.165, 1.54) is 30.7 Å². The molecule has 0 saturated carbocycles. The molecule has 0 aromatic heterocycles. The van der Waals surface area contributed by atoms with Crippen molar-refractivity contribution in [2.45, 2.75) is 25.2 Å². The lowest BCUT2D eigenvalue weighted by atomic mass is 9.85. The normalized spacial score (nSPS) is 14.2. The minimum atomic E-state index is -0.297. The molecule has 29 heavy (non-hydrogen) atoms. The van der Waals surface area contributed by atoms with E-state index in [9.17, 15) is 13.6 Å². The van der Waals surface area contributed by atoms with Crippen molar-refractivity contribution in [1.29, 1.82) is 0 Å². The molecular formula is C25H23F2NO. The minimum Gasteiger partial charge on any atom is -0.339 e. The lowest BCUT2D eigenvalue weighted by Gasteiger charge is -2.27. The molecule has 0 N–H and O–H groups in total. The Morgan fingerprint density at radius 1 is 0.655 bits per heavy atom. The molecule has 0 bridgehead atoms. The fourth-order valence-electron chi connectivity index (χ4n) is 3.99. The van der Waals surface area contributed by atoms with Crippen LogP contribution in [-0.4, -0.2) is 23.9 Å². The molecule has 3 aromatic carbocycles. The van der Waals surface area contributed by atoms with Crippen LogP contribution in [0.25, 0.3) is 0 Å². The van der Waals surface area contributed by atoms with Crippen molar-refractivity contribution in [3.63, 3.8) is 0 Å². The highest BCUT2D eigenvalue weighted by Gasteiger charge is 2.20. The molecule has 1 heterocycles. The number of amides is 1. The van der Waals surface area contributed by atoms with E-state index in [4.69, 9.17) is 0 Å². The van der Waals surface area contributed by atoms with Gasteiger partial charge < -0.3 is 4.90 Å². The van der Waals surface area contributed by atoms with Gasteiger partial charge in [-0.1, -0.05) is 36.4 Å². The number of carbonyl (C=O) groups is 1. The third kappa shape index (κ3) is 4.37. The van der Waals surface area contributed by atoms with Crippen LogP contribution in [0.2, 0.25) is 0 Å². The summed E-state index contributed by atoms with van der Waals surface area (Å²) in [6.45, 7) is 1.63. The van der Waals surface area contributed by atoms with Crippen LogP contribution in [0.1, 0.15) is 52.2 Å². The zero-order chi connectivity index (χ0) is 20.2. The number of carbonyl (C=O) groups excluding carboxylic acids is 1. The number of rotatable bonds is 4. The number of piperidine rings is 1. The Bertz CT molecular complexity index is 914. The molecule has 0 aliphatic carbocycles. The maximum atomic E-state index is 13.4. The van der Waals surface area contributed by atoms with E-state index in [0.29, 0.717) is 5.56 Å². The van der Waals surface area contributed by atoms with Crippen molar-refractivity contribution in [1.82, 2.24) is 4.90 Å². The summed E-state index contributed by atoms with van der Waals surface area (Å²) in [5.74, 6) is -0.699. The van der Waals surface area contributed by atoms with E-state index >= 15 is 0 Å². The van der Waals surface area contributed by atoms with Gasteiger partial charge in [0, 0.05) is 24.6 Å². The topological polar surface area (TPSA) is 20.3 Å². The first kappa shape index (κ1) is 19.3. The van der Waals surface area contributed by atoms with Gasteiger partial charge in [0.15, 0.2) is 0 Å². The second kappa shape index (κ2) is 8.56. The Kier molecular flexibility index (Phi) is 5.70. The summed E-state index contributed by atoms with van der Waals surface area (Å²) in [5.41, 5.74) is 3.47. The van der Waals surface area contributed by atoms with Gasteiger partial charge in [-0.3, -0.25) is 4.79 Å². The van der Waals surface area contributed by atoms with Gasteiger partial charge in [0.2, 0.25) is 0 Å². The first-order chi connectivity index (χ1) is 14.1. The highest BCUT2D eigenvalue weighted by Crippen LogP contribution is 2.32. The first-order valence-corrected chi connectivity index (χ1v) is 10.0. The molecule has 1 aliphatic heterocycles. The summed E-state index contributed by atoms with van der Waals surface area (Å²) >= 11 is 0. The van der Waals surface area contributed by atoms with Crippen LogP contribution in [0.3, 0.4) is 0 Å². The number of hydrogen-bond acceptors (Lipinski definition) is 1. The zero-order valence-electron chi connectivity index (χ0n) is 16.2. The average Bonchev–Trinajstić information content (AvgIpc) is 2.77. The number of hydrogen-bond donors (Lipinski definition) is 0. The highest BCUT2D eigenvalue weighted by molar-refractivity contribution is 5.94. The molecule has 0 spiro atoms. The van der Waals surface area contributed by atoms with Crippen molar-refractivity contribution < 1.29 is 13.6 Å². The third-order valence-electron chi connectivity index (χ3n) is 5.54. The predicted octanol–water partition coefficient (Wildman–Crippen LogP) is 5.77. The van der Waals surface area contributed by atoms with E-state index in [-0.39, 0.29) is 23.5 Å². The molecule has 4 rings (SSSR count). The van der Waals surface area contributed by atoms with Crippen molar-refractivity contribution >= 4 is 5.91 Å². The summed E-state index contributed by atoms with van der Waals surface area (Å²) < 4.78 is 26.9. The first-order valence-electron chi connectivity index (χ1n) is 10.0. The van der Waals surface area contributed by atoms with E-state index in [0.717, 1.165) is 42.6 Å². The van der Waals surface area contributed by atoms with Gasteiger partial charge in [0.05, 0.1) is 0 Å². The van der Waals surface area contributed by atoms with Gasteiger partial charge >= 0.3 is 0 Å². The van der Waals surface area contributed by atoms with Crippen LogP contribution in [0.15, 0.2) is 72.8 Å². The largest absolute Gasteiger partial charge is 0.339 e. The van der Waals surface area contributed by atoms with Crippen molar-refractivity contribution in [3.05, 3.63) is 107 Å². The van der Waals surface area contributed by atoms with E-state index in [2.05, 4.69) is 0 Å². The van der Waals surface area contributed by atoms with E-state index in [1.807, 2.05) is 29.2 Å². The molecule has 3 aromatic rings. The molecular weight excluding hydrogens is 368 g/mol. The number of nitrogens with zero attached hydrogens (tertiary/aromatic N) is 1. The number of halogens is 2. The predicted molar refractivity (Wildman–Crippen MR) is 110 cm³/mol. The zero-order valence-corrected chi connectivity index (χ0v) is 16.2. The third-order valence-corrected chi connectivity index (χ3v) is 5.54. The molecule has 0 atom stereocenters. The molecule has 0 unspecified atom stereocenters. The maximum Gasteiger partial charge on any atom is 0.253 e. The van der Waals surface area contributed by atoms with Crippen molar-refractivity contribution in [2.75, 3.05) is 13.1 Å². The monoisotopic (exact) mass is 391 g/mol. The molecule has 1 amide bonds. The average molecular weight is 391 g/mol. The molecule has 1 fully saturated rings. The SMILES string of the molecule is O=C(c1ccc(C(c2ccc(F)cc2)c2ccc(F)cc2)cc1)N1CCCCC1. The van der Waals surface area contributed by atoms with Crippen LogP contribution < -0.4 is 0 Å². The molecule has 2 nitrogen and oxygen atoms in total. The summed E-state index contributed by atoms with van der Waals surface area (Å²) in [6, 6.07) is 20.3. The molecule has 1 saturated heterocycles. The molecule has 148 valence electrons. The van der Waals surface area contributed by atoms with Gasteiger partial charge in [-0.2, -0.15) is 0 Å². The summed E-state index contributed by atoms with van der Waals surface area (Å²) in [5, 5.41) is 0. The Hall–Kier alpha value is -3.01. The van der Waals surface area contributed by atoms with Gasteiger partial charge in [-0.05, 0) is 72.4 Å². The van der Waals surface area contributed by atoms with E-state index < -0.39 is 0 Å². The Morgan fingerprint density at radius 3 is 1.52 bits per heavy atom. The van der Waals surface area contributed by atoms with Gasteiger partial charge in [-0.25, -0.2) is 8.78 Å². The second-order valence-electron chi connectivity index (χ2n) is 7.51. The Labute approximate surface area is 169 Å². The molecule has 0 radical (unpaired) electrons. The van der Waals surface area contributed by atoms with E-state index in [1.54, 1.807) is 24.3 Å². The molecule has 4 heteroatoms. The van der Waals surface area contributed by atoms with Crippen molar-refractivity contribution in [2.24, 2.45) is 0 Å². The molecule has 1 aliphatic rings. The van der Waals surface area contributed by atoms with Crippen molar-refractivity contribution in [3.8, 4) is 0 Å². The Morgan fingerprint density at radius 2 is 1.07 bits per heavy atom. The lowest BCUT2D eigenvalue weighted by Crippen LogP contribution is -2.35. The quantitative estimate of drug-likeness (QED) is 0.517. The smallest absolute Gasteiger partial charge is 0.253 e. The summed E-state index contributed by atoms with van der Waals surface area (Å²) in [4.78, 5) is 14.7. The van der Waals surface area contributed by atoms with Crippen LogP contribution in [-0.2, 0) is 0 Å². The summed E-state index contributed by atoms with van der Waals surface area (Å²) in [6.07, 6.45) is 3.29. The van der Waals surface area contributed by atoms with Crippen LogP contribution in [0, 0.1) is 11.6 Å². The highest BCUT2D eigenvalue weighted by atomic mass is 19.1. The van der Waals surface area contributed by atoms with Gasteiger partial charge in [0.1, 0.15) is 11.6 Å². The Balaban J connectivity index is 1.66. The standard InChI is InChI=1S/C25H23F2NO/c26-22-12-8-19(9-13-22)24(20-10-14-23(27)15-11-20)18-4-6-21(7-5-18)25(29)28-16-2-1-3-17-28/h4-15,24H,1-3,16-17H2. The van der Waals surface area contributed by atoms with Crippen LogP contribution >= 0.6 is 0 Å². The van der Waals surface area contributed by atoms with Crippen LogP contribution in [0.5, 0.6) is 0 Å². The van der Waals surface area contributed by atoms with Crippen LogP contribution in [0.4, 0.5) is 8.78 Å². The second-order valence-corrected chi connectivity index (χ2v) is 7.51. The fourth-order valence-corrected chi connectivity index (χ4v) is 3.99. The van der Waals surface area contributed by atoms with Gasteiger partial charge in [0.25, 0.3) is 5.91 Å². The lowest BCUT2D eigenvalue weighted by molar-refractivity contribution is 0.0724. The fraction of sp³-hybridized carbons (Fsp3) is 0.240. The summed E-state index contributed by atoms with van der Waals surface area (Å²) in [7, 11) is 0. The maximum absolute atomic E-state index is 13.4. The van der Waals surface area contributed by atoms with Gasteiger partial charge in [-0.15, -0.1) is 0 Å². The number of likely N-dealkylation sites (tertiary alicyclic amines) is 1. The number of benzene rings is 3. The minimum absolute atomic E-state index is 0.0661.